The maximum Gasteiger partial charge on any atom is 0.556 e. The molecule has 0 radical (unpaired) electrons. The minimum Gasteiger partial charge on any atom is -0.460 e. The molecule has 0 aliphatic heterocycles. The molecule has 0 heterocycles. The van der Waals surface area contributed by atoms with Crippen LogP contribution in [0.25, 0.3) is 0 Å². The van der Waals surface area contributed by atoms with Crippen LogP contribution in [0.2, 0.25) is 0 Å². The molecule has 0 N–H and O–H groups in total. The normalized spacial score (nSPS) is 10.8. The first-order chi connectivity index (χ1) is 15.0. The van der Waals surface area contributed by atoms with Crippen molar-refractivity contribution in [2.45, 2.75) is 20.8 Å². The van der Waals surface area contributed by atoms with Crippen LogP contribution in [-0.2, 0) is 61.8 Å². The number of phosphoric acid groups is 1. The summed E-state index contributed by atoms with van der Waals surface area (Å²) in [6.07, 6.45) is 0. The predicted octanol–water partition coefficient (Wildman–Crippen LogP) is 2.30. The van der Waals surface area contributed by atoms with E-state index in [4.69, 9.17) is 14.2 Å². The van der Waals surface area contributed by atoms with Crippen molar-refractivity contribution in [2.24, 2.45) is 0 Å². The lowest BCUT2D eigenvalue weighted by Crippen LogP contribution is -2.14. The highest BCUT2D eigenvalue weighted by Gasteiger charge is 2.33. The lowest BCUT2D eigenvalue weighted by atomic mass is 10.4. The van der Waals surface area contributed by atoms with Gasteiger partial charge >= 0.3 is 25.7 Å². The molecule has 0 aromatic heterocycles. The van der Waals surface area contributed by atoms with E-state index in [1.807, 2.05) is 0 Å². The maximum atomic E-state index is 12.4. The Balaban J connectivity index is 4.47. The molecule has 0 fully saturated rings. The van der Waals surface area contributed by atoms with Crippen molar-refractivity contribution in [3.05, 3.63) is 36.5 Å². The van der Waals surface area contributed by atoms with E-state index in [2.05, 4.69) is 48.4 Å². The van der Waals surface area contributed by atoms with E-state index in [9.17, 15) is 18.9 Å². The molecule has 0 unspecified atom stereocenters. The van der Waals surface area contributed by atoms with Crippen LogP contribution >= 0.6 is 7.82 Å². The Morgan fingerprint density at radius 3 is 1.03 bits per heavy atom. The van der Waals surface area contributed by atoms with Crippen LogP contribution < -0.4 is 0 Å². The van der Waals surface area contributed by atoms with Gasteiger partial charge in [0.05, 0.1) is 0 Å². The highest BCUT2D eigenvalue weighted by molar-refractivity contribution is 7.48. The summed E-state index contributed by atoms with van der Waals surface area (Å²) in [4.78, 5) is 47.6. The average molecular weight is 482 g/mol. The number of rotatable bonds is 18. The van der Waals surface area contributed by atoms with Gasteiger partial charge in [0.2, 0.25) is 0 Å². The van der Waals surface area contributed by atoms with Gasteiger partial charge in [-0.15, -0.1) is 14.0 Å². The number of carbonyl (C=O) groups excluding carboxylic acids is 3. The number of ether oxygens (including phenoxy) is 3. The van der Waals surface area contributed by atoms with Crippen LogP contribution in [0.5, 0.6) is 0 Å². The molecule has 0 aromatic carbocycles. The lowest BCUT2D eigenvalue weighted by molar-refractivity contribution is -0.327. The molecule has 0 saturated carbocycles. The van der Waals surface area contributed by atoms with E-state index >= 15 is 0 Å². The lowest BCUT2D eigenvalue weighted by Gasteiger charge is -2.15. The molecule has 0 rings (SSSR count). The Labute approximate surface area is 185 Å². The van der Waals surface area contributed by atoms with E-state index in [1.165, 1.54) is 20.8 Å². The van der Waals surface area contributed by atoms with Gasteiger partial charge in [-0.25, -0.2) is 33.6 Å². The zero-order valence-electron chi connectivity index (χ0n) is 18.1. The van der Waals surface area contributed by atoms with Crippen molar-refractivity contribution in [1.82, 2.24) is 0 Å². The smallest absolute Gasteiger partial charge is 0.460 e. The van der Waals surface area contributed by atoms with E-state index in [1.54, 1.807) is 0 Å². The molecule has 182 valence electrons. The quantitative estimate of drug-likeness (QED) is 0.0535. The topological polar surface area (TPSA) is 151 Å². The summed E-state index contributed by atoms with van der Waals surface area (Å²) >= 11 is 0. The third-order valence-corrected chi connectivity index (χ3v) is 3.54. The van der Waals surface area contributed by atoms with Crippen LogP contribution in [0.3, 0.4) is 0 Å². The van der Waals surface area contributed by atoms with Crippen LogP contribution in [-0.4, -0.2) is 57.5 Å². The van der Waals surface area contributed by atoms with Gasteiger partial charge in [0.25, 0.3) is 0 Å². The van der Waals surface area contributed by atoms with Gasteiger partial charge in [0.15, 0.2) is 0 Å². The Morgan fingerprint density at radius 1 is 0.562 bits per heavy atom. The maximum absolute atomic E-state index is 12.4. The van der Waals surface area contributed by atoms with E-state index in [0.29, 0.717) is 0 Å². The number of esters is 3. The molecule has 14 heteroatoms. The van der Waals surface area contributed by atoms with Gasteiger partial charge in [0, 0.05) is 16.7 Å². The summed E-state index contributed by atoms with van der Waals surface area (Å²) in [5.41, 5.74) is 0.513. The van der Waals surface area contributed by atoms with Crippen LogP contribution in [0.1, 0.15) is 20.8 Å². The molecule has 0 aromatic rings. The Morgan fingerprint density at radius 2 is 0.812 bits per heavy atom. The molecular weight excluding hydrogens is 455 g/mol. The van der Waals surface area contributed by atoms with Crippen molar-refractivity contribution in [1.29, 1.82) is 0 Å². The summed E-state index contributed by atoms with van der Waals surface area (Å²) < 4.78 is 40.2. The third-order valence-electron chi connectivity index (χ3n) is 2.68. The molecule has 0 aliphatic carbocycles. The summed E-state index contributed by atoms with van der Waals surface area (Å²) in [5, 5.41) is 0. The third kappa shape index (κ3) is 14.6. The standard InChI is InChI=1S/C18H27O13P/c1-13(2)16(19)23-7-10-26-29-32(22,30-27-11-8-24-17(20)14(3)4)31-28-12-9-25-18(21)15(5)6/h1,3,5,7-12H2,2,4,6H3. The fourth-order valence-electron chi connectivity index (χ4n) is 1.22. The van der Waals surface area contributed by atoms with E-state index in [0.717, 1.165) is 0 Å². The second kappa shape index (κ2) is 16.3. The van der Waals surface area contributed by atoms with Crippen molar-refractivity contribution in [3.8, 4) is 0 Å². The average Bonchev–Trinajstić information content (AvgIpc) is 2.72. The molecule has 13 nitrogen and oxygen atoms in total. The summed E-state index contributed by atoms with van der Waals surface area (Å²) in [5.74, 6) is -1.99. The molecular formula is C18H27O13P. The first kappa shape index (κ1) is 29.6. The molecule has 0 spiro atoms. The molecule has 0 saturated heterocycles. The fraction of sp³-hybridized carbons (Fsp3) is 0.500. The van der Waals surface area contributed by atoms with Gasteiger partial charge in [-0.05, 0) is 20.8 Å². The summed E-state index contributed by atoms with van der Waals surface area (Å²) in [7, 11) is -4.61. The van der Waals surface area contributed by atoms with Crippen molar-refractivity contribution in [2.75, 3.05) is 39.6 Å². The monoisotopic (exact) mass is 482 g/mol. The predicted molar refractivity (Wildman–Crippen MR) is 106 cm³/mol. The highest BCUT2D eigenvalue weighted by atomic mass is 31.2. The number of carbonyl (C=O) groups is 3. The van der Waals surface area contributed by atoms with E-state index < -0.39 is 25.7 Å². The molecule has 32 heavy (non-hydrogen) atoms. The van der Waals surface area contributed by atoms with Crippen molar-refractivity contribution >= 4 is 25.7 Å². The van der Waals surface area contributed by atoms with Crippen molar-refractivity contribution in [3.63, 3.8) is 0 Å². The zero-order valence-corrected chi connectivity index (χ0v) is 19.0. The fourth-order valence-corrected chi connectivity index (χ4v) is 1.90. The van der Waals surface area contributed by atoms with Crippen molar-refractivity contribution < 1.29 is 61.8 Å². The largest absolute Gasteiger partial charge is 0.556 e. The first-order valence-corrected chi connectivity index (χ1v) is 10.5. The van der Waals surface area contributed by atoms with Gasteiger partial charge < -0.3 is 14.2 Å². The van der Waals surface area contributed by atoms with Crippen LogP contribution in [0.15, 0.2) is 36.5 Å². The highest BCUT2D eigenvalue weighted by Crippen LogP contribution is 2.50. The van der Waals surface area contributed by atoms with Crippen LogP contribution in [0.4, 0.5) is 0 Å². The second-order valence-electron chi connectivity index (χ2n) is 5.89. The minimum atomic E-state index is -4.61. The number of hydrogen-bond acceptors (Lipinski definition) is 13. The van der Waals surface area contributed by atoms with Crippen LogP contribution in [0, 0.1) is 0 Å². The van der Waals surface area contributed by atoms with Gasteiger partial charge in [0.1, 0.15) is 39.6 Å². The SMILES string of the molecule is C=C(C)C(=O)OCCOOP(=O)(OOCCOC(=O)C(=C)C)OOCCOC(=O)C(=C)C. The van der Waals surface area contributed by atoms with Gasteiger partial charge in [-0.3, -0.25) is 0 Å². The van der Waals surface area contributed by atoms with E-state index in [-0.39, 0.29) is 56.4 Å². The molecule has 0 atom stereocenters. The summed E-state index contributed by atoms with van der Waals surface area (Å²) in [6, 6.07) is 0. The first-order valence-electron chi connectivity index (χ1n) is 9.00. The summed E-state index contributed by atoms with van der Waals surface area (Å²) in [6.45, 7) is 12.7. The molecule has 0 amide bonds. The molecule has 0 bridgehead atoms. The Kier molecular flexibility index (Phi) is 15.1. The minimum absolute atomic E-state index is 0.171. The molecule has 0 aliphatic rings. The zero-order chi connectivity index (χ0) is 24.6. The second-order valence-corrected chi connectivity index (χ2v) is 7.23. The van der Waals surface area contributed by atoms with Gasteiger partial charge in [-0.2, -0.15) is 0 Å². The number of hydrogen-bond donors (Lipinski definition) is 0. The van der Waals surface area contributed by atoms with Gasteiger partial charge in [-0.1, -0.05) is 19.7 Å². The Hall–Kier alpha value is -2.38. The Bertz CT molecular complexity index is 635.